The zero-order chi connectivity index (χ0) is 15.5. The molecule has 116 valence electrons. The number of amides is 2. The highest BCUT2D eigenvalue weighted by molar-refractivity contribution is 5.83. The summed E-state index contributed by atoms with van der Waals surface area (Å²) in [4.78, 5) is 23.6. The van der Waals surface area contributed by atoms with Crippen LogP contribution in [0.2, 0.25) is 0 Å². The van der Waals surface area contributed by atoms with Gasteiger partial charge < -0.3 is 15.3 Å². The maximum atomic E-state index is 12.4. The molecule has 1 aliphatic carbocycles. The Bertz CT molecular complexity index is 369. The average molecular weight is 296 g/mol. The lowest BCUT2D eigenvalue weighted by atomic mass is 9.99. The summed E-state index contributed by atoms with van der Waals surface area (Å²) in [5.74, 6) is -1.60. The van der Waals surface area contributed by atoms with Crippen LogP contribution in [0.4, 0.5) is 18.0 Å². The number of hydrogen-bond acceptors (Lipinski definition) is 2. The number of alkyl halides is 3. The molecule has 0 heterocycles. The first kappa shape index (κ1) is 16.6. The van der Waals surface area contributed by atoms with Crippen LogP contribution in [0.1, 0.15) is 33.1 Å². The fourth-order valence-electron chi connectivity index (χ4n) is 1.85. The van der Waals surface area contributed by atoms with Crippen molar-refractivity contribution in [3.63, 3.8) is 0 Å². The number of halogens is 3. The molecule has 0 bridgehead atoms. The van der Waals surface area contributed by atoms with Crippen molar-refractivity contribution in [1.29, 1.82) is 0 Å². The van der Waals surface area contributed by atoms with Gasteiger partial charge in [-0.05, 0) is 18.8 Å². The summed E-state index contributed by atoms with van der Waals surface area (Å²) < 4.78 is 37.3. The van der Waals surface area contributed by atoms with E-state index in [0.29, 0.717) is 24.2 Å². The molecule has 1 saturated carbocycles. The molecule has 20 heavy (non-hydrogen) atoms. The summed E-state index contributed by atoms with van der Waals surface area (Å²) in [7, 11) is 0. The molecule has 1 aliphatic rings. The Balaban J connectivity index is 2.72. The number of rotatable bonds is 6. The number of aliphatic carboxylic acids is 1. The molecule has 8 heteroatoms. The lowest BCUT2D eigenvalue weighted by Crippen LogP contribution is -2.53. The van der Waals surface area contributed by atoms with Crippen LogP contribution in [-0.4, -0.2) is 46.8 Å². The first-order chi connectivity index (χ1) is 9.15. The third-order valence-corrected chi connectivity index (χ3v) is 3.36. The smallest absolute Gasteiger partial charge is 0.406 e. The molecule has 0 aromatic carbocycles. The second-order valence-corrected chi connectivity index (χ2v) is 5.13. The van der Waals surface area contributed by atoms with E-state index in [1.807, 2.05) is 0 Å². The molecule has 2 amide bonds. The van der Waals surface area contributed by atoms with Gasteiger partial charge in [0, 0.05) is 6.04 Å². The molecule has 2 N–H and O–H groups in total. The van der Waals surface area contributed by atoms with Gasteiger partial charge in [-0.1, -0.05) is 20.3 Å². The van der Waals surface area contributed by atoms with E-state index in [-0.39, 0.29) is 5.92 Å². The number of carboxylic acids is 1. The number of carbonyl (C=O) groups excluding carboxylic acids is 1. The lowest BCUT2D eigenvalue weighted by molar-refractivity contribution is -0.142. The van der Waals surface area contributed by atoms with E-state index in [2.05, 4.69) is 5.32 Å². The van der Waals surface area contributed by atoms with Crippen molar-refractivity contribution in [2.45, 2.75) is 51.4 Å². The van der Waals surface area contributed by atoms with E-state index in [4.69, 9.17) is 5.11 Å². The Morgan fingerprint density at radius 2 is 1.95 bits per heavy atom. The molecule has 0 aromatic heterocycles. The van der Waals surface area contributed by atoms with Crippen LogP contribution < -0.4 is 5.32 Å². The van der Waals surface area contributed by atoms with Crippen LogP contribution in [0.5, 0.6) is 0 Å². The summed E-state index contributed by atoms with van der Waals surface area (Å²) in [5, 5.41) is 11.2. The Morgan fingerprint density at radius 1 is 1.40 bits per heavy atom. The van der Waals surface area contributed by atoms with Crippen LogP contribution in [0.25, 0.3) is 0 Å². The molecule has 0 spiro atoms. The van der Waals surface area contributed by atoms with E-state index in [9.17, 15) is 22.8 Å². The van der Waals surface area contributed by atoms with E-state index in [1.165, 1.54) is 0 Å². The Kier molecular flexibility index (Phi) is 5.24. The zero-order valence-electron chi connectivity index (χ0n) is 11.4. The third kappa shape index (κ3) is 4.90. The summed E-state index contributed by atoms with van der Waals surface area (Å²) in [6.07, 6.45) is -2.95. The van der Waals surface area contributed by atoms with E-state index < -0.39 is 36.8 Å². The molecule has 1 unspecified atom stereocenters. The minimum absolute atomic E-state index is 0.358. The highest BCUT2D eigenvalue weighted by Crippen LogP contribution is 2.30. The molecule has 0 saturated heterocycles. The Morgan fingerprint density at radius 3 is 2.30 bits per heavy atom. The van der Waals surface area contributed by atoms with Gasteiger partial charge in [0.2, 0.25) is 0 Å². The van der Waals surface area contributed by atoms with Gasteiger partial charge in [0.15, 0.2) is 0 Å². The van der Waals surface area contributed by atoms with Gasteiger partial charge in [0.05, 0.1) is 0 Å². The van der Waals surface area contributed by atoms with E-state index in [0.717, 1.165) is 0 Å². The molecular weight excluding hydrogens is 277 g/mol. The fourth-order valence-corrected chi connectivity index (χ4v) is 1.85. The Labute approximate surface area is 115 Å². The quantitative estimate of drug-likeness (QED) is 0.789. The van der Waals surface area contributed by atoms with Gasteiger partial charge in [0.25, 0.3) is 0 Å². The SMILES string of the molecule is CCC(C)[C@H](NC(=O)N(CC(F)(F)F)C1CC1)C(=O)O. The number of carbonyl (C=O) groups is 2. The first-order valence-corrected chi connectivity index (χ1v) is 6.52. The van der Waals surface area contributed by atoms with Gasteiger partial charge in [-0.3, -0.25) is 0 Å². The number of carboxylic acid groups (broad SMARTS) is 1. The second-order valence-electron chi connectivity index (χ2n) is 5.13. The van der Waals surface area contributed by atoms with Crippen molar-refractivity contribution >= 4 is 12.0 Å². The maximum absolute atomic E-state index is 12.4. The standard InChI is InChI=1S/C12H19F3N2O3/c1-3-7(2)9(10(18)19)16-11(20)17(8-4-5-8)6-12(13,14)15/h7-9H,3-6H2,1-2H3,(H,16,20)(H,18,19)/t7?,9-/m0/s1. The summed E-state index contributed by atoms with van der Waals surface area (Å²) in [6, 6.07) is -2.58. The zero-order valence-corrected chi connectivity index (χ0v) is 11.4. The summed E-state index contributed by atoms with van der Waals surface area (Å²) in [5.41, 5.74) is 0. The Hall–Kier alpha value is -1.47. The third-order valence-electron chi connectivity index (χ3n) is 3.36. The first-order valence-electron chi connectivity index (χ1n) is 6.52. The van der Waals surface area contributed by atoms with Gasteiger partial charge >= 0.3 is 18.2 Å². The van der Waals surface area contributed by atoms with Crippen LogP contribution >= 0.6 is 0 Å². The highest BCUT2D eigenvalue weighted by Gasteiger charge is 2.41. The van der Waals surface area contributed by atoms with Gasteiger partial charge in [-0.25, -0.2) is 9.59 Å². The molecule has 5 nitrogen and oxygen atoms in total. The monoisotopic (exact) mass is 296 g/mol. The predicted molar refractivity (Wildman–Crippen MR) is 65.2 cm³/mol. The molecule has 0 radical (unpaired) electrons. The van der Waals surface area contributed by atoms with E-state index >= 15 is 0 Å². The van der Waals surface area contributed by atoms with Gasteiger partial charge in [0.1, 0.15) is 12.6 Å². The van der Waals surface area contributed by atoms with Crippen molar-refractivity contribution in [1.82, 2.24) is 10.2 Å². The van der Waals surface area contributed by atoms with Crippen LogP contribution in [-0.2, 0) is 4.79 Å². The van der Waals surface area contributed by atoms with Crippen LogP contribution in [0, 0.1) is 5.92 Å². The molecule has 0 aliphatic heterocycles. The maximum Gasteiger partial charge on any atom is 0.406 e. The largest absolute Gasteiger partial charge is 0.480 e. The summed E-state index contributed by atoms with van der Waals surface area (Å²) >= 11 is 0. The topological polar surface area (TPSA) is 69.6 Å². The number of hydrogen-bond donors (Lipinski definition) is 2. The molecule has 2 atom stereocenters. The van der Waals surface area contributed by atoms with Gasteiger partial charge in [-0.15, -0.1) is 0 Å². The minimum atomic E-state index is -4.49. The molecule has 0 aromatic rings. The average Bonchev–Trinajstić information content (AvgIpc) is 3.14. The normalized spacial score (nSPS) is 18.2. The van der Waals surface area contributed by atoms with Crippen molar-refractivity contribution in [2.24, 2.45) is 5.92 Å². The number of nitrogens with one attached hydrogen (secondary N) is 1. The van der Waals surface area contributed by atoms with Crippen molar-refractivity contribution < 1.29 is 27.9 Å². The molecule has 1 fully saturated rings. The van der Waals surface area contributed by atoms with Crippen LogP contribution in [0.3, 0.4) is 0 Å². The van der Waals surface area contributed by atoms with Crippen molar-refractivity contribution in [3.8, 4) is 0 Å². The van der Waals surface area contributed by atoms with Gasteiger partial charge in [-0.2, -0.15) is 13.2 Å². The summed E-state index contributed by atoms with van der Waals surface area (Å²) in [6.45, 7) is 2.03. The fraction of sp³-hybridized carbons (Fsp3) is 0.833. The minimum Gasteiger partial charge on any atom is -0.480 e. The van der Waals surface area contributed by atoms with Crippen molar-refractivity contribution in [3.05, 3.63) is 0 Å². The highest BCUT2D eigenvalue weighted by atomic mass is 19.4. The molecule has 1 rings (SSSR count). The number of nitrogens with zero attached hydrogens (tertiary/aromatic N) is 1. The number of urea groups is 1. The van der Waals surface area contributed by atoms with Crippen LogP contribution in [0.15, 0.2) is 0 Å². The van der Waals surface area contributed by atoms with Crippen molar-refractivity contribution in [2.75, 3.05) is 6.54 Å². The van der Waals surface area contributed by atoms with E-state index in [1.54, 1.807) is 13.8 Å². The lowest BCUT2D eigenvalue weighted by Gasteiger charge is -2.27. The predicted octanol–water partition coefficient (Wildman–Crippen LogP) is 2.22. The second kappa shape index (κ2) is 6.32. The molecular formula is C12H19F3N2O3.